The van der Waals surface area contributed by atoms with Crippen LogP contribution in [0, 0.1) is 0 Å². The topological polar surface area (TPSA) is 29.5 Å². The molecule has 1 heterocycles. The van der Waals surface area contributed by atoms with Crippen LogP contribution in [-0.2, 0) is 9.09 Å². The molecule has 0 spiro atoms. The lowest BCUT2D eigenvalue weighted by molar-refractivity contribution is 0.151. The minimum atomic E-state index is -3.05. The average Bonchev–Trinajstić information content (AvgIpc) is 1.94. The Kier molecular flexibility index (Phi) is 3.87. The maximum atomic E-state index is 11.6. The molecule has 6 heteroatoms. The van der Waals surface area contributed by atoms with Gasteiger partial charge in [-0.3, -0.25) is 4.57 Å². The Morgan fingerprint density at radius 3 is 2.92 bits per heavy atom. The maximum Gasteiger partial charge on any atom is 0.363 e. The van der Waals surface area contributed by atoms with Crippen LogP contribution in [-0.4, -0.2) is 29.7 Å². The second-order valence-electron chi connectivity index (χ2n) is 2.80. The Labute approximate surface area is 82.3 Å². The van der Waals surface area contributed by atoms with Crippen LogP contribution in [0.15, 0.2) is 0 Å². The SMILES string of the molecule is CC1CCN(CCCl)P(=O)(Cl)O1. The predicted molar refractivity (Wildman–Crippen MR) is 50.9 cm³/mol. The molecule has 0 aromatic carbocycles. The highest BCUT2D eigenvalue weighted by Crippen LogP contribution is 2.59. The Bertz CT molecular complexity index is 202. The average molecular weight is 232 g/mol. The van der Waals surface area contributed by atoms with Gasteiger partial charge in [0.15, 0.2) is 0 Å². The normalized spacial score (nSPS) is 38.4. The summed E-state index contributed by atoms with van der Waals surface area (Å²) in [5.74, 6) is 0.425. The van der Waals surface area contributed by atoms with Gasteiger partial charge in [-0.1, -0.05) is 0 Å². The van der Waals surface area contributed by atoms with Crippen molar-refractivity contribution in [1.29, 1.82) is 0 Å². The summed E-state index contributed by atoms with van der Waals surface area (Å²) in [6, 6.07) is 0. The van der Waals surface area contributed by atoms with Crippen LogP contribution in [0.5, 0.6) is 0 Å². The van der Waals surface area contributed by atoms with Crippen molar-refractivity contribution in [2.24, 2.45) is 0 Å². The molecular weight excluding hydrogens is 220 g/mol. The molecule has 0 saturated carbocycles. The molecule has 0 radical (unpaired) electrons. The Hall–Kier alpha value is 0.730. The molecule has 2 atom stereocenters. The summed E-state index contributed by atoms with van der Waals surface area (Å²) in [6.07, 6.45) is 0.841. The van der Waals surface area contributed by atoms with Gasteiger partial charge in [-0.2, -0.15) is 0 Å². The van der Waals surface area contributed by atoms with E-state index in [1.807, 2.05) is 6.92 Å². The van der Waals surface area contributed by atoms with Crippen LogP contribution in [0.2, 0.25) is 0 Å². The summed E-state index contributed by atoms with van der Waals surface area (Å²) >= 11 is 11.2. The summed E-state index contributed by atoms with van der Waals surface area (Å²) in [6.45, 7) is 0.0457. The van der Waals surface area contributed by atoms with E-state index in [1.165, 1.54) is 0 Å². The number of nitrogens with zero attached hydrogens (tertiary/aromatic N) is 1. The lowest BCUT2D eigenvalue weighted by Gasteiger charge is -2.33. The zero-order valence-corrected chi connectivity index (χ0v) is 9.28. The standard InChI is InChI=1S/C6H12Cl2NO2P/c1-6-2-4-9(5-3-7)12(8,10)11-6/h6H,2-5H2,1H3. The molecule has 2 unspecified atom stereocenters. The van der Waals surface area contributed by atoms with E-state index in [0.29, 0.717) is 19.0 Å². The van der Waals surface area contributed by atoms with Crippen molar-refractivity contribution < 1.29 is 9.09 Å². The van der Waals surface area contributed by atoms with E-state index < -0.39 is 6.87 Å². The van der Waals surface area contributed by atoms with Gasteiger partial charge in [0.1, 0.15) is 0 Å². The molecule has 1 aliphatic rings. The zero-order chi connectivity index (χ0) is 9.19. The number of hydrogen-bond acceptors (Lipinski definition) is 2. The summed E-state index contributed by atoms with van der Waals surface area (Å²) in [4.78, 5) is 0. The number of rotatable bonds is 2. The fraction of sp³-hybridized carbons (Fsp3) is 1.00. The maximum absolute atomic E-state index is 11.6. The highest BCUT2D eigenvalue weighted by molar-refractivity contribution is 7.83. The van der Waals surface area contributed by atoms with Gasteiger partial charge in [-0.15, -0.1) is 11.6 Å². The van der Waals surface area contributed by atoms with Crippen LogP contribution in [0.25, 0.3) is 0 Å². The zero-order valence-electron chi connectivity index (χ0n) is 6.87. The molecule has 0 N–H and O–H groups in total. The molecular formula is C6H12Cl2NO2P. The molecule has 12 heavy (non-hydrogen) atoms. The van der Waals surface area contributed by atoms with Crippen molar-refractivity contribution in [2.75, 3.05) is 19.0 Å². The first-order valence-electron chi connectivity index (χ1n) is 3.86. The second-order valence-corrected chi connectivity index (χ2v) is 6.14. The molecule has 0 bridgehead atoms. The largest absolute Gasteiger partial charge is 0.363 e. The lowest BCUT2D eigenvalue weighted by atomic mass is 10.3. The van der Waals surface area contributed by atoms with Crippen LogP contribution < -0.4 is 0 Å². The Balaban J connectivity index is 2.58. The van der Waals surface area contributed by atoms with E-state index in [4.69, 9.17) is 27.4 Å². The fourth-order valence-electron chi connectivity index (χ4n) is 1.12. The van der Waals surface area contributed by atoms with E-state index >= 15 is 0 Å². The molecule has 0 aromatic rings. The summed E-state index contributed by atoms with van der Waals surface area (Å²) in [5, 5.41) is 0. The minimum Gasteiger partial charge on any atom is -0.303 e. The summed E-state index contributed by atoms with van der Waals surface area (Å²) in [5.41, 5.74) is 0. The fourth-order valence-corrected chi connectivity index (χ4v) is 3.68. The van der Waals surface area contributed by atoms with Gasteiger partial charge >= 0.3 is 6.87 Å². The van der Waals surface area contributed by atoms with E-state index in [1.54, 1.807) is 4.67 Å². The monoisotopic (exact) mass is 231 g/mol. The van der Waals surface area contributed by atoms with Crippen LogP contribution in [0.3, 0.4) is 0 Å². The smallest absolute Gasteiger partial charge is 0.303 e. The Morgan fingerprint density at radius 1 is 1.75 bits per heavy atom. The van der Waals surface area contributed by atoms with Crippen molar-refractivity contribution in [3.8, 4) is 0 Å². The van der Waals surface area contributed by atoms with Crippen LogP contribution >= 0.6 is 29.7 Å². The third-order valence-electron chi connectivity index (χ3n) is 1.78. The van der Waals surface area contributed by atoms with Gasteiger partial charge in [0.05, 0.1) is 6.10 Å². The third-order valence-corrected chi connectivity index (χ3v) is 4.53. The van der Waals surface area contributed by atoms with Crippen LogP contribution in [0.1, 0.15) is 13.3 Å². The van der Waals surface area contributed by atoms with Gasteiger partial charge in [0.25, 0.3) is 0 Å². The molecule has 72 valence electrons. The highest BCUT2D eigenvalue weighted by atomic mass is 35.7. The summed E-state index contributed by atoms with van der Waals surface area (Å²) < 4.78 is 18.3. The summed E-state index contributed by atoms with van der Waals surface area (Å²) in [7, 11) is 0. The van der Waals surface area contributed by atoms with E-state index in [2.05, 4.69) is 0 Å². The van der Waals surface area contributed by atoms with Gasteiger partial charge < -0.3 is 4.52 Å². The van der Waals surface area contributed by atoms with Gasteiger partial charge in [0, 0.05) is 19.0 Å². The van der Waals surface area contributed by atoms with Crippen molar-refractivity contribution in [3.05, 3.63) is 0 Å². The molecule has 0 aromatic heterocycles. The minimum absolute atomic E-state index is 0.0140. The van der Waals surface area contributed by atoms with E-state index in [9.17, 15) is 4.57 Å². The molecule has 1 saturated heterocycles. The first kappa shape index (κ1) is 10.8. The third kappa shape index (κ3) is 2.61. The molecule has 1 aliphatic heterocycles. The lowest BCUT2D eigenvalue weighted by Crippen LogP contribution is -2.31. The molecule has 3 nitrogen and oxygen atoms in total. The quantitative estimate of drug-likeness (QED) is 0.541. The second kappa shape index (κ2) is 4.30. The van der Waals surface area contributed by atoms with Crippen LogP contribution in [0.4, 0.5) is 0 Å². The molecule has 0 amide bonds. The first-order chi connectivity index (χ1) is 5.56. The molecule has 1 fully saturated rings. The van der Waals surface area contributed by atoms with Crippen molar-refractivity contribution >= 4 is 29.7 Å². The number of alkyl halides is 1. The van der Waals surface area contributed by atoms with E-state index in [-0.39, 0.29) is 6.10 Å². The van der Waals surface area contributed by atoms with Crippen molar-refractivity contribution in [1.82, 2.24) is 4.67 Å². The molecule has 1 rings (SSSR count). The highest BCUT2D eigenvalue weighted by Gasteiger charge is 2.35. The Morgan fingerprint density at radius 2 is 2.42 bits per heavy atom. The van der Waals surface area contributed by atoms with Gasteiger partial charge in [-0.05, 0) is 24.6 Å². The van der Waals surface area contributed by atoms with Gasteiger partial charge in [-0.25, -0.2) is 4.67 Å². The number of hydrogen-bond donors (Lipinski definition) is 0. The first-order valence-corrected chi connectivity index (χ1v) is 6.87. The van der Waals surface area contributed by atoms with Crippen molar-refractivity contribution in [2.45, 2.75) is 19.4 Å². The molecule has 0 aliphatic carbocycles. The predicted octanol–water partition coefficient (Wildman–Crippen LogP) is 2.68. The van der Waals surface area contributed by atoms with Crippen molar-refractivity contribution in [3.63, 3.8) is 0 Å². The number of halogens is 2. The van der Waals surface area contributed by atoms with Gasteiger partial charge in [0.2, 0.25) is 0 Å². The van der Waals surface area contributed by atoms with E-state index in [0.717, 1.165) is 6.42 Å².